The lowest BCUT2D eigenvalue weighted by Crippen LogP contribution is -2.45. The van der Waals surface area contributed by atoms with Gasteiger partial charge in [-0.3, -0.25) is 4.79 Å². The molecule has 4 nitrogen and oxygen atoms in total. The Morgan fingerprint density at radius 3 is 2.03 bits per heavy atom. The zero-order valence-corrected chi connectivity index (χ0v) is 21.4. The van der Waals surface area contributed by atoms with E-state index >= 15 is 0 Å². The molecule has 1 aliphatic rings. The Morgan fingerprint density at radius 1 is 0.879 bits per heavy atom. The summed E-state index contributed by atoms with van der Waals surface area (Å²) in [6.45, 7) is 6.20. The van der Waals surface area contributed by atoms with E-state index < -0.39 is 5.79 Å². The van der Waals surface area contributed by atoms with Gasteiger partial charge in [-0.15, -0.1) is 0 Å². The largest absolute Gasteiger partial charge is 0.508 e. The molecule has 33 heavy (non-hydrogen) atoms. The number of phenolic OH excluding ortho intramolecular Hbond substituents is 1. The Labute approximate surface area is 202 Å². The Bertz CT molecular complexity index is 652. The van der Waals surface area contributed by atoms with Crippen molar-refractivity contribution in [1.29, 1.82) is 0 Å². The highest BCUT2D eigenvalue weighted by Crippen LogP contribution is 2.31. The summed E-state index contributed by atoms with van der Waals surface area (Å²) in [5, 5.41) is 9.39. The SMILES string of the molecule is CCCCCCCCCCCCC[C@H]1C[C@H](CC(=O)CCc2ccc(O)cc2)OC(C)(C)O1. The van der Waals surface area contributed by atoms with Crippen LogP contribution in [-0.4, -0.2) is 28.9 Å². The molecule has 2 atom stereocenters. The number of benzene rings is 1. The van der Waals surface area contributed by atoms with E-state index in [1.54, 1.807) is 12.1 Å². The first-order valence-electron chi connectivity index (χ1n) is 13.5. The first-order chi connectivity index (χ1) is 15.9. The minimum atomic E-state index is -0.622. The van der Waals surface area contributed by atoms with Crippen LogP contribution in [0.25, 0.3) is 0 Å². The van der Waals surface area contributed by atoms with Gasteiger partial charge in [0.15, 0.2) is 5.79 Å². The van der Waals surface area contributed by atoms with Crippen molar-refractivity contribution < 1.29 is 19.4 Å². The van der Waals surface area contributed by atoms with E-state index in [1.807, 2.05) is 26.0 Å². The number of hydrogen-bond donors (Lipinski definition) is 1. The van der Waals surface area contributed by atoms with Gasteiger partial charge in [0.1, 0.15) is 11.5 Å². The summed E-state index contributed by atoms with van der Waals surface area (Å²) in [6.07, 6.45) is 18.5. The molecule has 0 aliphatic carbocycles. The van der Waals surface area contributed by atoms with Crippen LogP contribution < -0.4 is 0 Å². The highest BCUT2D eigenvalue weighted by atomic mass is 16.7. The van der Waals surface area contributed by atoms with E-state index in [1.165, 1.54) is 70.6 Å². The van der Waals surface area contributed by atoms with Gasteiger partial charge < -0.3 is 14.6 Å². The summed E-state index contributed by atoms with van der Waals surface area (Å²) >= 11 is 0. The summed E-state index contributed by atoms with van der Waals surface area (Å²) in [7, 11) is 0. The normalized spacial score (nSPS) is 20.1. The highest BCUT2D eigenvalue weighted by molar-refractivity contribution is 5.79. The quantitative estimate of drug-likeness (QED) is 0.240. The van der Waals surface area contributed by atoms with E-state index in [-0.39, 0.29) is 23.7 Å². The van der Waals surface area contributed by atoms with Crippen LogP contribution in [0.2, 0.25) is 0 Å². The molecule has 0 amide bonds. The molecule has 0 bridgehead atoms. The topological polar surface area (TPSA) is 55.8 Å². The predicted molar refractivity (Wildman–Crippen MR) is 136 cm³/mol. The number of unbranched alkanes of at least 4 members (excludes halogenated alkanes) is 10. The molecule has 1 N–H and O–H groups in total. The van der Waals surface area contributed by atoms with Crippen LogP contribution in [0, 0.1) is 0 Å². The van der Waals surface area contributed by atoms with E-state index in [2.05, 4.69) is 6.92 Å². The molecule has 0 unspecified atom stereocenters. The summed E-state index contributed by atoms with van der Waals surface area (Å²) in [5.74, 6) is -0.131. The van der Waals surface area contributed by atoms with Gasteiger partial charge in [0.2, 0.25) is 0 Å². The predicted octanol–water partition coefficient (Wildman–Crippen LogP) is 7.90. The molecule has 0 spiro atoms. The van der Waals surface area contributed by atoms with E-state index in [9.17, 15) is 9.90 Å². The minimum Gasteiger partial charge on any atom is -0.508 e. The molecule has 1 saturated heterocycles. The molecule has 1 heterocycles. The zero-order valence-electron chi connectivity index (χ0n) is 21.4. The number of Topliss-reactive ketones (excluding diaryl/α,β-unsaturated/α-hetero) is 1. The highest BCUT2D eigenvalue weighted by Gasteiger charge is 2.35. The van der Waals surface area contributed by atoms with Gasteiger partial charge in [-0.2, -0.15) is 0 Å². The van der Waals surface area contributed by atoms with Crippen molar-refractivity contribution in [3.05, 3.63) is 29.8 Å². The second-order valence-corrected chi connectivity index (χ2v) is 10.3. The number of ether oxygens (including phenoxy) is 2. The number of carbonyl (C=O) groups is 1. The van der Waals surface area contributed by atoms with Crippen LogP contribution in [0.4, 0.5) is 0 Å². The smallest absolute Gasteiger partial charge is 0.163 e. The van der Waals surface area contributed by atoms with Gasteiger partial charge in [0.05, 0.1) is 12.2 Å². The lowest BCUT2D eigenvalue weighted by molar-refractivity contribution is -0.300. The van der Waals surface area contributed by atoms with Crippen molar-refractivity contribution in [1.82, 2.24) is 0 Å². The fourth-order valence-corrected chi connectivity index (χ4v) is 4.86. The monoisotopic (exact) mass is 460 g/mol. The summed E-state index contributed by atoms with van der Waals surface area (Å²) in [6, 6.07) is 7.09. The third-order valence-corrected chi connectivity index (χ3v) is 6.64. The molecule has 1 fully saturated rings. The van der Waals surface area contributed by atoms with E-state index in [4.69, 9.17) is 9.47 Å². The maximum Gasteiger partial charge on any atom is 0.163 e. The molecule has 1 aromatic rings. The number of hydrogen-bond acceptors (Lipinski definition) is 4. The standard InChI is InChI=1S/C29H48O4/c1-4-5-6-7-8-9-10-11-12-13-14-15-27-23-28(33-29(2,3)32-27)22-26(31)21-18-24-16-19-25(30)20-17-24/h16-17,19-20,27-28,30H,4-15,18,21-23H2,1-3H3/t27-,28-/m0/s1. The Morgan fingerprint density at radius 2 is 1.42 bits per heavy atom. The van der Waals surface area contributed by atoms with Crippen LogP contribution in [0.3, 0.4) is 0 Å². The Balaban J connectivity index is 1.59. The molecule has 0 radical (unpaired) electrons. The first-order valence-corrected chi connectivity index (χ1v) is 13.5. The Hall–Kier alpha value is -1.39. The summed E-state index contributed by atoms with van der Waals surface area (Å²) in [5.41, 5.74) is 1.07. The van der Waals surface area contributed by atoms with Gasteiger partial charge in [-0.25, -0.2) is 0 Å². The maximum atomic E-state index is 12.6. The third kappa shape index (κ3) is 12.6. The number of carbonyl (C=O) groups excluding carboxylic acids is 1. The number of ketones is 1. The van der Waals surface area contributed by atoms with Crippen molar-refractivity contribution >= 4 is 5.78 Å². The van der Waals surface area contributed by atoms with Gasteiger partial charge in [-0.1, -0.05) is 89.7 Å². The second-order valence-electron chi connectivity index (χ2n) is 10.3. The molecule has 0 saturated carbocycles. The molecular formula is C29H48O4. The Kier molecular flexibility index (Phi) is 13.1. The molecule has 188 valence electrons. The van der Waals surface area contributed by atoms with E-state index in [0.29, 0.717) is 19.3 Å². The number of rotatable bonds is 17. The average Bonchev–Trinajstić information content (AvgIpc) is 2.76. The van der Waals surface area contributed by atoms with Crippen molar-refractivity contribution in [3.8, 4) is 5.75 Å². The zero-order chi connectivity index (χ0) is 23.9. The molecule has 1 aliphatic heterocycles. The van der Waals surface area contributed by atoms with Gasteiger partial charge >= 0.3 is 0 Å². The number of aromatic hydroxyl groups is 1. The van der Waals surface area contributed by atoms with Crippen LogP contribution >= 0.6 is 0 Å². The van der Waals surface area contributed by atoms with Crippen molar-refractivity contribution in [2.75, 3.05) is 0 Å². The van der Waals surface area contributed by atoms with Gasteiger partial charge in [0.25, 0.3) is 0 Å². The molecule has 1 aromatic carbocycles. The van der Waals surface area contributed by atoms with E-state index in [0.717, 1.165) is 18.4 Å². The van der Waals surface area contributed by atoms with Crippen molar-refractivity contribution in [2.45, 2.75) is 141 Å². The van der Waals surface area contributed by atoms with Crippen molar-refractivity contribution in [2.24, 2.45) is 0 Å². The fraction of sp³-hybridized carbons (Fsp3) is 0.759. The summed E-state index contributed by atoms with van der Waals surface area (Å²) in [4.78, 5) is 12.6. The van der Waals surface area contributed by atoms with Crippen LogP contribution in [-0.2, 0) is 20.7 Å². The maximum absolute atomic E-state index is 12.6. The number of aryl methyl sites for hydroxylation is 1. The van der Waals surface area contributed by atoms with Crippen LogP contribution in [0.5, 0.6) is 5.75 Å². The average molecular weight is 461 g/mol. The minimum absolute atomic E-state index is 0.0567. The number of phenols is 1. The molecule has 2 rings (SSSR count). The van der Waals surface area contributed by atoms with Gasteiger partial charge in [0, 0.05) is 19.3 Å². The second kappa shape index (κ2) is 15.5. The lowest BCUT2D eigenvalue weighted by atomic mass is 9.97. The van der Waals surface area contributed by atoms with Crippen molar-refractivity contribution in [3.63, 3.8) is 0 Å². The van der Waals surface area contributed by atoms with Crippen LogP contribution in [0.1, 0.15) is 123 Å². The third-order valence-electron chi connectivity index (χ3n) is 6.64. The van der Waals surface area contributed by atoms with Crippen LogP contribution in [0.15, 0.2) is 24.3 Å². The molecular weight excluding hydrogens is 412 g/mol. The lowest BCUT2D eigenvalue weighted by Gasteiger charge is -2.41. The molecule has 4 heteroatoms. The fourth-order valence-electron chi connectivity index (χ4n) is 4.86. The summed E-state index contributed by atoms with van der Waals surface area (Å²) < 4.78 is 12.2. The first kappa shape index (κ1) is 27.9. The molecule has 0 aromatic heterocycles. The van der Waals surface area contributed by atoms with Gasteiger partial charge in [-0.05, 0) is 44.4 Å².